The van der Waals surface area contributed by atoms with Gasteiger partial charge in [-0.05, 0) is 41.8 Å². The lowest BCUT2D eigenvalue weighted by Gasteiger charge is -2.02. The first kappa shape index (κ1) is 9.59. The van der Waals surface area contributed by atoms with E-state index < -0.39 is 0 Å². The Labute approximate surface area is 94.0 Å². The molecule has 4 N–H and O–H groups in total. The quantitative estimate of drug-likeness (QED) is 0.738. The standard InChI is InChI=1S/C13H14N2.3H2/c14-12-5-1-10(2-6-12)9-11-3-7-13(15)8-4-11;;;/h1-8H,9,14-15H2;3*1H. The van der Waals surface area contributed by atoms with E-state index in [9.17, 15) is 0 Å². The molecule has 0 amide bonds. The fraction of sp³-hybridized carbons (Fsp3) is 0.0769. The molecule has 15 heavy (non-hydrogen) atoms. The average Bonchev–Trinajstić information content (AvgIpc) is 2.25. The predicted octanol–water partition coefficient (Wildman–Crippen LogP) is 3.18. The first-order valence-corrected chi connectivity index (χ1v) is 4.93. The van der Waals surface area contributed by atoms with Gasteiger partial charge in [-0.25, -0.2) is 0 Å². The van der Waals surface area contributed by atoms with E-state index in [2.05, 4.69) is 0 Å². The van der Waals surface area contributed by atoms with Crippen LogP contribution in [0.5, 0.6) is 0 Å². The fourth-order valence-electron chi connectivity index (χ4n) is 1.51. The number of anilines is 2. The van der Waals surface area contributed by atoms with Crippen LogP contribution in [0.4, 0.5) is 11.4 Å². The van der Waals surface area contributed by atoms with Crippen molar-refractivity contribution in [2.75, 3.05) is 11.5 Å². The van der Waals surface area contributed by atoms with Crippen LogP contribution in [0.3, 0.4) is 0 Å². The lowest BCUT2D eigenvalue weighted by molar-refractivity contribution is 1.19. The zero-order valence-electron chi connectivity index (χ0n) is 8.48. The molecule has 0 atom stereocenters. The molecular weight excluding hydrogens is 184 g/mol. The van der Waals surface area contributed by atoms with E-state index in [0.29, 0.717) is 0 Å². The summed E-state index contributed by atoms with van der Waals surface area (Å²) in [4.78, 5) is 0. The molecular formula is C13H20N2. The third-order valence-electron chi connectivity index (χ3n) is 2.37. The maximum absolute atomic E-state index is 5.62. The SMILES string of the molecule is Nc1ccc(Cc2ccc(N)cc2)cc1.[HH].[HH].[HH]. The Morgan fingerprint density at radius 1 is 0.667 bits per heavy atom. The molecule has 0 saturated carbocycles. The summed E-state index contributed by atoms with van der Waals surface area (Å²) in [7, 11) is 0. The van der Waals surface area contributed by atoms with Gasteiger partial charge in [-0.15, -0.1) is 0 Å². The van der Waals surface area contributed by atoms with Crippen molar-refractivity contribution in [3.05, 3.63) is 59.7 Å². The molecule has 0 aliphatic carbocycles. The third-order valence-corrected chi connectivity index (χ3v) is 2.37. The summed E-state index contributed by atoms with van der Waals surface area (Å²) < 4.78 is 0. The number of nitrogens with two attached hydrogens (primary N) is 2. The van der Waals surface area contributed by atoms with Crippen molar-refractivity contribution in [3.63, 3.8) is 0 Å². The van der Waals surface area contributed by atoms with Crippen molar-refractivity contribution in [2.24, 2.45) is 0 Å². The highest BCUT2D eigenvalue weighted by Gasteiger charge is 1.95. The van der Waals surface area contributed by atoms with Crippen molar-refractivity contribution in [2.45, 2.75) is 6.42 Å². The lowest BCUT2D eigenvalue weighted by atomic mass is 10.0. The van der Waals surface area contributed by atoms with E-state index in [-0.39, 0.29) is 4.28 Å². The fourth-order valence-corrected chi connectivity index (χ4v) is 1.51. The molecule has 2 aromatic rings. The molecule has 2 nitrogen and oxygen atoms in total. The van der Waals surface area contributed by atoms with Gasteiger partial charge in [0.15, 0.2) is 0 Å². The largest absolute Gasteiger partial charge is 0.399 e. The first-order chi connectivity index (χ1) is 7.24. The second kappa shape index (κ2) is 4.05. The zero-order valence-corrected chi connectivity index (χ0v) is 8.48. The van der Waals surface area contributed by atoms with Crippen molar-refractivity contribution >= 4 is 11.4 Å². The number of nitrogen functional groups attached to an aromatic ring is 2. The van der Waals surface area contributed by atoms with E-state index >= 15 is 0 Å². The molecule has 0 aliphatic rings. The molecule has 0 heterocycles. The number of benzene rings is 2. The number of rotatable bonds is 2. The topological polar surface area (TPSA) is 52.0 Å². The monoisotopic (exact) mass is 204 g/mol. The highest BCUT2D eigenvalue weighted by Crippen LogP contribution is 2.13. The van der Waals surface area contributed by atoms with E-state index in [1.165, 1.54) is 11.1 Å². The summed E-state index contributed by atoms with van der Waals surface area (Å²) >= 11 is 0. The Bertz CT molecular complexity index is 397. The molecule has 0 unspecified atom stereocenters. The highest BCUT2D eigenvalue weighted by atomic mass is 14.5. The molecule has 0 aliphatic heterocycles. The van der Waals surface area contributed by atoms with E-state index in [0.717, 1.165) is 17.8 Å². The summed E-state index contributed by atoms with van der Waals surface area (Å²) in [6.07, 6.45) is 0.917. The summed E-state index contributed by atoms with van der Waals surface area (Å²) in [6, 6.07) is 15.9. The minimum atomic E-state index is 0. The van der Waals surface area contributed by atoms with E-state index in [1.807, 2.05) is 48.5 Å². The maximum atomic E-state index is 5.62. The van der Waals surface area contributed by atoms with Gasteiger partial charge in [0.2, 0.25) is 0 Å². The highest BCUT2D eigenvalue weighted by molar-refractivity contribution is 5.43. The van der Waals surface area contributed by atoms with Gasteiger partial charge in [-0.1, -0.05) is 24.3 Å². The number of hydrogen-bond donors (Lipinski definition) is 2. The zero-order chi connectivity index (χ0) is 10.7. The van der Waals surface area contributed by atoms with Gasteiger partial charge in [-0.2, -0.15) is 0 Å². The van der Waals surface area contributed by atoms with Crippen LogP contribution in [-0.2, 0) is 6.42 Å². The van der Waals surface area contributed by atoms with Gasteiger partial charge < -0.3 is 11.5 Å². The van der Waals surface area contributed by atoms with E-state index in [4.69, 9.17) is 11.5 Å². The van der Waals surface area contributed by atoms with Crippen molar-refractivity contribution < 1.29 is 4.28 Å². The van der Waals surface area contributed by atoms with Crippen LogP contribution in [0.25, 0.3) is 0 Å². The van der Waals surface area contributed by atoms with Crippen molar-refractivity contribution in [1.82, 2.24) is 0 Å². The molecule has 82 valence electrons. The van der Waals surface area contributed by atoms with Crippen LogP contribution in [0.1, 0.15) is 15.4 Å². The Kier molecular flexibility index (Phi) is 2.59. The summed E-state index contributed by atoms with van der Waals surface area (Å²) in [5, 5.41) is 0. The van der Waals surface area contributed by atoms with Crippen LogP contribution in [0.15, 0.2) is 48.5 Å². The molecule has 0 bridgehead atoms. The minimum Gasteiger partial charge on any atom is -0.399 e. The van der Waals surface area contributed by atoms with Crippen LogP contribution in [-0.4, -0.2) is 0 Å². The van der Waals surface area contributed by atoms with Gasteiger partial charge >= 0.3 is 0 Å². The smallest absolute Gasteiger partial charge is 0.0314 e. The second-order valence-electron chi connectivity index (χ2n) is 3.66. The second-order valence-corrected chi connectivity index (χ2v) is 3.66. The normalized spacial score (nSPS) is 10.1. The Morgan fingerprint density at radius 3 is 1.33 bits per heavy atom. The van der Waals surface area contributed by atoms with Crippen LogP contribution in [0, 0.1) is 0 Å². The maximum Gasteiger partial charge on any atom is 0.0314 e. The molecule has 0 aromatic heterocycles. The van der Waals surface area contributed by atoms with Gasteiger partial charge in [0.05, 0.1) is 0 Å². The molecule has 2 rings (SSSR count). The van der Waals surface area contributed by atoms with Gasteiger partial charge in [0.25, 0.3) is 0 Å². The molecule has 0 saturated heterocycles. The van der Waals surface area contributed by atoms with Crippen LogP contribution in [0.2, 0.25) is 0 Å². The van der Waals surface area contributed by atoms with E-state index in [1.54, 1.807) is 0 Å². The molecule has 2 heteroatoms. The van der Waals surface area contributed by atoms with Gasteiger partial charge in [-0.3, -0.25) is 0 Å². The molecule has 0 radical (unpaired) electrons. The summed E-state index contributed by atoms with van der Waals surface area (Å²) in [6.45, 7) is 0. The summed E-state index contributed by atoms with van der Waals surface area (Å²) in [5.74, 6) is 0. The Hall–Kier alpha value is -1.96. The van der Waals surface area contributed by atoms with Gasteiger partial charge in [0.1, 0.15) is 0 Å². The van der Waals surface area contributed by atoms with Gasteiger partial charge in [0, 0.05) is 15.7 Å². The molecule has 2 aromatic carbocycles. The third kappa shape index (κ3) is 2.50. The van der Waals surface area contributed by atoms with Crippen LogP contribution < -0.4 is 11.5 Å². The minimum absolute atomic E-state index is 0. The van der Waals surface area contributed by atoms with Crippen molar-refractivity contribution in [1.29, 1.82) is 0 Å². The average molecular weight is 204 g/mol. The number of hydrogen-bond acceptors (Lipinski definition) is 2. The van der Waals surface area contributed by atoms with Crippen molar-refractivity contribution in [3.8, 4) is 0 Å². The molecule has 0 spiro atoms. The Balaban J connectivity index is 0. The summed E-state index contributed by atoms with van der Waals surface area (Å²) in [5.41, 5.74) is 15.4. The lowest BCUT2D eigenvalue weighted by Crippen LogP contribution is -1.90. The molecule has 0 fully saturated rings. The first-order valence-electron chi connectivity index (χ1n) is 4.93. The predicted molar refractivity (Wildman–Crippen MR) is 70.9 cm³/mol. The Morgan fingerprint density at radius 2 is 1.00 bits per heavy atom. The van der Waals surface area contributed by atoms with Crippen LogP contribution >= 0.6 is 0 Å².